The fourth-order valence-corrected chi connectivity index (χ4v) is 3.75. The number of nitro benzene ring substituents is 1. The van der Waals surface area contributed by atoms with E-state index in [1.165, 1.54) is 12.1 Å². The molecule has 0 bridgehead atoms. The standard InChI is InChI=1S/C23H28N4O4/c1-3-17-6-4-5-7-20(17)25-22(28)15-24-23(29)19-14-18(27(30)31)8-9-21(19)26-12-10-16(2)11-13-26/h4-9,14,16H,3,10-13,15H2,1-2H3,(H,24,29)(H,25,28). The fourth-order valence-electron chi connectivity index (χ4n) is 3.75. The molecule has 0 saturated carbocycles. The summed E-state index contributed by atoms with van der Waals surface area (Å²) in [5, 5.41) is 16.7. The van der Waals surface area contributed by atoms with Gasteiger partial charge in [-0.1, -0.05) is 32.0 Å². The molecule has 1 fully saturated rings. The predicted octanol–water partition coefficient (Wildman–Crippen LogP) is 3.76. The number of nitrogens with zero attached hydrogens (tertiary/aromatic N) is 2. The lowest BCUT2D eigenvalue weighted by Crippen LogP contribution is -2.37. The number of benzene rings is 2. The van der Waals surface area contributed by atoms with Crippen LogP contribution in [0.5, 0.6) is 0 Å². The summed E-state index contributed by atoms with van der Waals surface area (Å²) in [6.07, 6.45) is 2.77. The molecule has 164 valence electrons. The van der Waals surface area contributed by atoms with Crippen LogP contribution in [0, 0.1) is 16.0 Å². The van der Waals surface area contributed by atoms with E-state index in [1.807, 2.05) is 31.2 Å². The van der Waals surface area contributed by atoms with Crippen molar-refractivity contribution in [3.05, 3.63) is 63.7 Å². The van der Waals surface area contributed by atoms with Crippen LogP contribution in [0.3, 0.4) is 0 Å². The quantitative estimate of drug-likeness (QED) is 0.520. The Hall–Kier alpha value is -3.42. The van der Waals surface area contributed by atoms with Crippen molar-refractivity contribution >= 4 is 28.9 Å². The third kappa shape index (κ3) is 5.59. The van der Waals surface area contributed by atoms with Gasteiger partial charge in [-0.15, -0.1) is 0 Å². The number of piperidine rings is 1. The van der Waals surface area contributed by atoms with Gasteiger partial charge in [0, 0.05) is 30.9 Å². The van der Waals surface area contributed by atoms with Gasteiger partial charge in [-0.05, 0) is 42.9 Å². The van der Waals surface area contributed by atoms with Gasteiger partial charge in [0.2, 0.25) is 5.91 Å². The van der Waals surface area contributed by atoms with Crippen LogP contribution >= 0.6 is 0 Å². The van der Waals surface area contributed by atoms with Gasteiger partial charge in [-0.25, -0.2) is 0 Å². The number of nitrogens with one attached hydrogen (secondary N) is 2. The van der Waals surface area contributed by atoms with Crippen LogP contribution in [0.1, 0.15) is 42.6 Å². The van der Waals surface area contributed by atoms with E-state index in [0.717, 1.165) is 37.9 Å². The van der Waals surface area contributed by atoms with Gasteiger partial charge in [0.25, 0.3) is 11.6 Å². The normalized spacial score (nSPS) is 14.2. The number of aryl methyl sites for hydroxylation is 1. The average Bonchev–Trinajstić information content (AvgIpc) is 2.78. The Labute approximate surface area is 181 Å². The topological polar surface area (TPSA) is 105 Å². The summed E-state index contributed by atoms with van der Waals surface area (Å²) in [4.78, 5) is 38.0. The molecule has 1 aliphatic rings. The van der Waals surface area contributed by atoms with E-state index < -0.39 is 10.8 Å². The van der Waals surface area contributed by atoms with Crippen molar-refractivity contribution in [2.24, 2.45) is 5.92 Å². The van der Waals surface area contributed by atoms with E-state index in [1.54, 1.807) is 6.07 Å². The van der Waals surface area contributed by atoms with Crippen LogP contribution in [0.25, 0.3) is 0 Å². The van der Waals surface area contributed by atoms with E-state index in [2.05, 4.69) is 22.5 Å². The highest BCUT2D eigenvalue weighted by atomic mass is 16.6. The lowest BCUT2D eigenvalue weighted by Gasteiger charge is -2.33. The minimum atomic E-state index is -0.521. The van der Waals surface area contributed by atoms with Crippen LogP contribution < -0.4 is 15.5 Å². The fraction of sp³-hybridized carbons (Fsp3) is 0.391. The SMILES string of the molecule is CCc1ccccc1NC(=O)CNC(=O)c1cc([N+](=O)[O-])ccc1N1CCC(C)CC1. The molecule has 8 heteroatoms. The highest BCUT2D eigenvalue weighted by molar-refractivity contribution is 6.03. The summed E-state index contributed by atoms with van der Waals surface area (Å²) < 4.78 is 0. The van der Waals surface area contributed by atoms with E-state index in [0.29, 0.717) is 17.3 Å². The Morgan fingerprint density at radius 1 is 1.16 bits per heavy atom. The molecule has 2 N–H and O–H groups in total. The van der Waals surface area contributed by atoms with Gasteiger partial charge in [-0.3, -0.25) is 19.7 Å². The smallest absolute Gasteiger partial charge is 0.270 e. The van der Waals surface area contributed by atoms with E-state index in [9.17, 15) is 19.7 Å². The molecule has 8 nitrogen and oxygen atoms in total. The van der Waals surface area contributed by atoms with E-state index in [4.69, 9.17) is 0 Å². The molecule has 2 amide bonds. The molecule has 31 heavy (non-hydrogen) atoms. The summed E-state index contributed by atoms with van der Waals surface area (Å²) in [7, 11) is 0. The first-order valence-electron chi connectivity index (χ1n) is 10.6. The van der Waals surface area contributed by atoms with Crippen LogP contribution in [0.2, 0.25) is 0 Å². The second-order valence-electron chi connectivity index (χ2n) is 7.87. The number of non-ortho nitro benzene ring substituents is 1. The third-order valence-corrected chi connectivity index (χ3v) is 5.64. The number of amides is 2. The molecule has 0 spiro atoms. The first kappa shape index (κ1) is 22.3. The minimum absolute atomic E-state index is 0.152. The second-order valence-corrected chi connectivity index (χ2v) is 7.87. The molecular weight excluding hydrogens is 396 g/mol. The zero-order valence-electron chi connectivity index (χ0n) is 17.9. The van der Waals surface area contributed by atoms with Crippen molar-refractivity contribution in [3.63, 3.8) is 0 Å². The molecule has 1 saturated heterocycles. The molecular formula is C23H28N4O4. The molecule has 0 aliphatic carbocycles. The number of carbonyl (C=O) groups is 2. The molecule has 1 aliphatic heterocycles. The van der Waals surface area contributed by atoms with Crippen LogP contribution in [-0.4, -0.2) is 36.4 Å². The van der Waals surface area contributed by atoms with Gasteiger partial charge in [0.05, 0.1) is 22.7 Å². The maximum absolute atomic E-state index is 12.9. The number of hydrogen-bond acceptors (Lipinski definition) is 5. The number of para-hydroxylation sites is 1. The Balaban J connectivity index is 1.72. The zero-order valence-corrected chi connectivity index (χ0v) is 17.9. The highest BCUT2D eigenvalue weighted by Crippen LogP contribution is 2.29. The van der Waals surface area contributed by atoms with Gasteiger partial charge in [-0.2, -0.15) is 0 Å². The molecule has 0 aromatic heterocycles. The summed E-state index contributed by atoms with van der Waals surface area (Å²) >= 11 is 0. The second kappa shape index (κ2) is 10.1. The Morgan fingerprint density at radius 2 is 1.87 bits per heavy atom. The molecule has 2 aromatic rings. The zero-order chi connectivity index (χ0) is 22.4. The number of rotatable bonds is 7. The van der Waals surface area contributed by atoms with Crippen molar-refractivity contribution in [1.82, 2.24) is 5.32 Å². The van der Waals surface area contributed by atoms with E-state index >= 15 is 0 Å². The highest BCUT2D eigenvalue weighted by Gasteiger charge is 2.23. The maximum atomic E-state index is 12.9. The first-order valence-corrected chi connectivity index (χ1v) is 10.6. The summed E-state index contributed by atoms with van der Waals surface area (Å²) in [5.74, 6) is -0.245. The summed E-state index contributed by atoms with van der Waals surface area (Å²) in [5.41, 5.74) is 2.43. The molecule has 1 heterocycles. The number of nitro groups is 1. The summed E-state index contributed by atoms with van der Waals surface area (Å²) in [6, 6.07) is 11.8. The Bertz CT molecular complexity index is 968. The third-order valence-electron chi connectivity index (χ3n) is 5.64. The lowest BCUT2D eigenvalue weighted by molar-refractivity contribution is -0.384. The van der Waals surface area contributed by atoms with E-state index in [-0.39, 0.29) is 23.7 Å². The van der Waals surface area contributed by atoms with Crippen molar-refractivity contribution in [1.29, 1.82) is 0 Å². The predicted molar refractivity (Wildman–Crippen MR) is 120 cm³/mol. The monoisotopic (exact) mass is 424 g/mol. The Kier molecular flexibility index (Phi) is 7.23. The van der Waals surface area contributed by atoms with Crippen molar-refractivity contribution in [3.8, 4) is 0 Å². The van der Waals surface area contributed by atoms with Crippen molar-refractivity contribution < 1.29 is 14.5 Å². The number of hydrogen-bond donors (Lipinski definition) is 2. The Morgan fingerprint density at radius 3 is 2.55 bits per heavy atom. The van der Waals surface area contributed by atoms with Gasteiger partial charge in [0.1, 0.15) is 0 Å². The van der Waals surface area contributed by atoms with Crippen molar-refractivity contribution in [2.75, 3.05) is 29.9 Å². The molecule has 2 aromatic carbocycles. The van der Waals surface area contributed by atoms with Gasteiger partial charge >= 0.3 is 0 Å². The molecule has 0 unspecified atom stereocenters. The van der Waals surface area contributed by atoms with Crippen LogP contribution in [0.4, 0.5) is 17.1 Å². The average molecular weight is 425 g/mol. The lowest BCUT2D eigenvalue weighted by atomic mass is 9.98. The molecule has 0 atom stereocenters. The number of carbonyl (C=O) groups excluding carboxylic acids is 2. The first-order chi connectivity index (χ1) is 14.9. The van der Waals surface area contributed by atoms with Crippen LogP contribution in [-0.2, 0) is 11.2 Å². The minimum Gasteiger partial charge on any atom is -0.371 e. The summed E-state index contributed by atoms with van der Waals surface area (Å²) in [6.45, 7) is 5.53. The van der Waals surface area contributed by atoms with Crippen LogP contribution in [0.15, 0.2) is 42.5 Å². The number of anilines is 2. The van der Waals surface area contributed by atoms with Crippen molar-refractivity contribution in [2.45, 2.75) is 33.1 Å². The molecule has 0 radical (unpaired) electrons. The largest absolute Gasteiger partial charge is 0.371 e. The van der Waals surface area contributed by atoms with Gasteiger partial charge < -0.3 is 15.5 Å². The molecule has 3 rings (SSSR count). The maximum Gasteiger partial charge on any atom is 0.270 e. The van der Waals surface area contributed by atoms with Gasteiger partial charge in [0.15, 0.2) is 0 Å².